The van der Waals surface area contributed by atoms with Crippen LogP contribution in [0.5, 0.6) is 0 Å². The predicted octanol–water partition coefficient (Wildman–Crippen LogP) is 1.69. The van der Waals surface area contributed by atoms with Crippen molar-refractivity contribution in [2.24, 2.45) is 0 Å². The Balaban J connectivity index is 2.04. The quantitative estimate of drug-likeness (QED) is 0.856. The zero-order chi connectivity index (χ0) is 13.4. The lowest BCUT2D eigenvalue weighted by atomic mass is 10.0. The number of rotatable bonds is 2. The van der Waals surface area contributed by atoms with Crippen LogP contribution in [-0.4, -0.2) is 32.4 Å². The van der Waals surface area contributed by atoms with Gasteiger partial charge in [0.25, 0.3) is 5.82 Å². The highest BCUT2D eigenvalue weighted by Gasteiger charge is 2.26. The second kappa shape index (κ2) is 4.38. The second-order valence-corrected chi connectivity index (χ2v) is 4.65. The number of fused-ring (bicyclic) bond motifs is 1. The number of carbonyl (C=O) groups is 1. The molecule has 2 N–H and O–H groups in total. The zero-order valence-electron chi connectivity index (χ0n) is 10.5. The highest BCUT2D eigenvalue weighted by molar-refractivity contribution is 5.83. The fourth-order valence-electron chi connectivity index (χ4n) is 2.38. The van der Waals surface area contributed by atoms with Gasteiger partial charge in [0.2, 0.25) is 5.95 Å². The minimum Gasteiger partial charge on any atom is -0.475 e. The molecule has 98 valence electrons. The summed E-state index contributed by atoms with van der Waals surface area (Å²) in [5.41, 5.74) is 2.31. The van der Waals surface area contributed by atoms with Crippen LogP contribution in [0.4, 0.5) is 5.95 Å². The maximum Gasteiger partial charge on any atom is 0.375 e. The Morgan fingerprint density at radius 3 is 3.11 bits per heavy atom. The van der Waals surface area contributed by atoms with Crippen molar-refractivity contribution in [3.05, 3.63) is 41.2 Å². The number of carboxylic acid groups (broad SMARTS) is 1. The Bertz CT molecular complexity index is 635. The van der Waals surface area contributed by atoms with Crippen molar-refractivity contribution < 1.29 is 9.90 Å². The van der Waals surface area contributed by atoms with Crippen LogP contribution in [0, 0.1) is 6.92 Å². The summed E-state index contributed by atoms with van der Waals surface area (Å²) in [7, 11) is 0. The number of hydrogen-bond donors (Lipinski definition) is 2. The molecule has 0 saturated carbocycles. The number of aromatic nitrogens is 3. The summed E-state index contributed by atoms with van der Waals surface area (Å²) < 4.78 is 1.67. The minimum atomic E-state index is -1.10. The molecule has 0 spiro atoms. The Labute approximate surface area is 110 Å². The lowest BCUT2D eigenvalue weighted by Crippen LogP contribution is -2.24. The molecule has 2 heterocycles. The lowest BCUT2D eigenvalue weighted by Gasteiger charge is -2.24. The van der Waals surface area contributed by atoms with Crippen LogP contribution in [0.3, 0.4) is 0 Å². The lowest BCUT2D eigenvalue weighted by molar-refractivity contribution is 0.0683. The molecular weight excluding hydrogens is 244 g/mol. The number of aromatic carboxylic acids is 1. The molecule has 0 radical (unpaired) electrons. The average molecular weight is 258 g/mol. The van der Waals surface area contributed by atoms with Crippen LogP contribution in [-0.2, 0) is 0 Å². The molecule has 0 saturated heterocycles. The molecule has 0 fully saturated rings. The molecule has 1 aliphatic rings. The first kappa shape index (κ1) is 11.7. The van der Waals surface area contributed by atoms with Crippen molar-refractivity contribution in [2.45, 2.75) is 19.4 Å². The molecule has 3 rings (SSSR count). The summed E-state index contributed by atoms with van der Waals surface area (Å²) in [6.07, 6.45) is 0.860. The third kappa shape index (κ3) is 2.05. The van der Waals surface area contributed by atoms with E-state index in [2.05, 4.69) is 21.5 Å². The van der Waals surface area contributed by atoms with Gasteiger partial charge in [-0.3, -0.25) is 0 Å². The van der Waals surface area contributed by atoms with Crippen molar-refractivity contribution in [1.82, 2.24) is 14.8 Å². The standard InChI is InChI=1S/C13H14N4O2/c1-8-3-2-4-9(7-8)10-5-6-14-13-15-11(12(18)19)16-17(10)13/h2-4,7,10H,5-6H2,1H3,(H,18,19)(H,14,15,16). The Hall–Kier alpha value is -2.37. The highest BCUT2D eigenvalue weighted by Crippen LogP contribution is 2.28. The van der Waals surface area contributed by atoms with Crippen LogP contribution < -0.4 is 5.32 Å². The average Bonchev–Trinajstić information content (AvgIpc) is 2.82. The zero-order valence-corrected chi connectivity index (χ0v) is 10.5. The van der Waals surface area contributed by atoms with Crippen molar-refractivity contribution in [1.29, 1.82) is 0 Å². The van der Waals surface area contributed by atoms with Crippen molar-refractivity contribution in [3.8, 4) is 0 Å². The first-order valence-corrected chi connectivity index (χ1v) is 6.15. The van der Waals surface area contributed by atoms with E-state index in [4.69, 9.17) is 5.11 Å². The predicted molar refractivity (Wildman–Crippen MR) is 69.4 cm³/mol. The van der Waals surface area contributed by atoms with Crippen molar-refractivity contribution >= 4 is 11.9 Å². The Morgan fingerprint density at radius 1 is 1.53 bits per heavy atom. The summed E-state index contributed by atoms with van der Waals surface area (Å²) in [6.45, 7) is 2.80. The highest BCUT2D eigenvalue weighted by atomic mass is 16.4. The first-order chi connectivity index (χ1) is 9.15. The summed E-state index contributed by atoms with van der Waals surface area (Å²) in [6, 6.07) is 8.21. The normalized spacial score (nSPS) is 17.6. The third-order valence-corrected chi connectivity index (χ3v) is 3.25. The van der Waals surface area contributed by atoms with Gasteiger partial charge in [-0.05, 0) is 18.9 Å². The van der Waals surface area contributed by atoms with Gasteiger partial charge in [-0.15, -0.1) is 5.10 Å². The molecule has 0 aliphatic carbocycles. The molecule has 1 unspecified atom stereocenters. The van der Waals surface area contributed by atoms with Gasteiger partial charge in [0.15, 0.2) is 0 Å². The minimum absolute atomic E-state index is 0.0387. The number of benzene rings is 1. The molecule has 19 heavy (non-hydrogen) atoms. The smallest absolute Gasteiger partial charge is 0.375 e. The summed E-state index contributed by atoms with van der Waals surface area (Å²) >= 11 is 0. The molecule has 6 heteroatoms. The van der Waals surface area contributed by atoms with Gasteiger partial charge in [0.05, 0.1) is 6.04 Å². The number of carboxylic acids is 1. The molecule has 6 nitrogen and oxygen atoms in total. The number of anilines is 1. The maximum atomic E-state index is 10.9. The van der Waals surface area contributed by atoms with E-state index in [1.807, 2.05) is 25.1 Å². The third-order valence-electron chi connectivity index (χ3n) is 3.25. The van der Waals surface area contributed by atoms with E-state index < -0.39 is 5.97 Å². The summed E-state index contributed by atoms with van der Waals surface area (Å²) in [5, 5.41) is 16.1. The van der Waals surface area contributed by atoms with E-state index >= 15 is 0 Å². The SMILES string of the molecule is Cc1cccc(C2CCNc3nc(C(=O)O)nn32)c1. The van der Waals surface area contributed by atoms with E-state index in [0.29, 0.717) is 5.95 Å². The number of nitrogens with one attached hydrogen (secondary N) is 1. The topological polar surface area (TPSA) is 80.0 Å². The van der Waals surface area contributed by atoms with E-state index in [9.17, 15) is 4.79 Å². The van der Waals surface area contributed by atoms with Gasteiger partial charge < -0.3 is 10.4 Å². The molecular formula is C13H14N4O2. The molecule has 1 aliphatic heterocycles. The Morgan fingerprint density at radius 2 is 2.37 bits per heavy atom. The van der Waals surface area contributed by atoms with E-state index in [1.54, 1.807) is 4.68 Å². The number of aryl methyl sites for hydroxylation is 1. The molecule has 0 amide bonds. The largest absolute Gasteiger partial charge is 0.475 e. The molecule has 1 aromatic carbocycles. The van der Waals surface area contributed by atoms with E-state index in [-0.39, 0.29) is 11.9 Å². The Kier molecular flexibility index (Phi) is 2.70. The number of nitrogens with zero attached hydrogens (tertiary/aromatic N) is 3. The maximum absolute atomic E-state index is 10.9. The van der Waals surface area contributed by atoms with Crippen LogP contribution in [0.15, 0.2) is 24.3 Å². The molecule has 1 atom stereocenters. The second-order valence-electron chi connectivity index (χ2n) is 4.65. The summed E-state index contributed by atoms with van der Waals surface area (Å²) in [4.78, 5) is 14.9. The first-order valence-electron chi connectivity index (χ1n) is 6.15. The molecule has 1 aromatic heterocycles. The van der Waals surface area contributed by atoms with Gasteiger partial charge in [0.1, 0.15) is 0 Å². The van der Waals surface area contributed by atoms with Gasteiger partial charge in [-0.1, -0.05) is 29.8 Å². The van der Waals surface area contributed by atoms with Gasteiger partial charge in [0, 0.05) is 6.54 Å². The van der Waals surface area contributed by atoms with Gasteiger partial charge in [-0.25, -0.2) is 9.48 Å². The van der Waals surface area contributed by atoms with Crippen LogP contribution in [0.1, 0.15) is 34.2 Å². The van der Waals surface area contributed by atoms with Crippen molar-refractivity contribution in [3.63, 3.8) is 0 Å². The fourth-order valence-corrected chi connectivity index (χ4v) is 2.38. The number of hydrogen-bond acceptors (Lipinski definition) is 4. The molecule has 0 bridgehead atoms. The van der Waals surface area contributed by atoms with E-state index in [0.717, 1.165) is 18.5 Å². The van der Waals surface area contributed by atoms with Crippen LogP contribution >= 0.6 is 0 Å². The summed E-state index contributed by atoms with van der Waals surface area (Å²) in [5.74, 6) is -0.746. The molecule has 2 aromatic rings. The monoisotopic (exact) mass is 258 g/mol. The van der Waals surface area contributed by atoms with Gasteiger partial charge in [-0.2, -0.15) is 4.98 Å². The van der Waals surface area contributed by atoms with Crippen LogP contribution in [0.2, 0.25) is 0 Å². The van der Waals surface area contributed by atoms with Crippen molar-refractivity contribution in [2.75, 3.05) is 11.9 Å². The fraction of sp³-hybridized carbons (Fsp3) is 0.308. The van der Waals surface area contributed by atoms with Gasteiger partial charge >= 0.3 is 5.97 Å². The van der Waals surface area contributed by atoms with Crippen LogP contribution in [0.25, 0.3) is 0 Å². The van der Waals surface area contributed by atoms with E-state index in [1.165, 1.54) is 5.56 Å².